The Morgan fingerprint density at radius 2 is 1.51 bits per heavy atom. The van der Waals surface area contributed by atoms with Crippen molar-refractivity contribution in [2.75, 3.05) is 20.8 Å². The molecule has 0 spiro atoms. The fourth-order valence-electron chi connectivity index (χ4n) is 5.29. The summed E-state index contributed by atoms with van der Waals surface area (Å²) in [5.41, 5.74) is 1.93. The van der Waals surface area contributed by atoms with Crippen LogP contribution in [0.2, 0.25) is 0 Å². The Morgan fingerprint density at radius 3 is 2.22 bits per heavy atom. The van der Waals surface area contributed by atoms with Gasteiger partial charge in [-0.3, -0.25) is 9.59 Å². The summed E-state index contributed by atoms with van der Waals surface area (Å²) >= 11 is 0. The van der Waals surface area contributed by atoms with Crippen molar-refractivity contribution in [1.82, 2.24) is 10.2 Å². The molecule has 0 aliphatic heterocycles. The Bertz CT molecular complexity index is 1230. The van der Waals surface area contributed by atoms with Gasteiger partial charge in [0.05, 0.1) is 20.8 Å². The minimum absolute atomic E-state index is 0.0779. The normalized spacial score (nSPS) is 14.1. The van der Waals surface area contributed by atoms with Gasteiger partial charge in [0.1, 0.15) is 23.3 Å². The molecule has 3 aromatic rings. The van der Waals surface area contributed by atoms with Crippen LogP contribution in [0, 0.1) is 0 Å². The van der Waals surface area contributed by atoms with Crippen molar-refractivity contribution in [3.63, 3.8) is 0 Å². The van der Waals surface area contributed by atoms with Crippen LogP contribution >= 0.6 is 0 Å². The molecule has 0 bridgehead atoms. The second-order valence-electron chi connectivity index (χ2n) is 10.5. The molecule has 0 heterocycles. The number of nitrogens with zero attached hydrogens (tertiary/aromatic N) is 1. The molecular weight excluding hydrogens is 516 g/mol. The summed E-state index contributed by atoms with van der Waals surface area (Å²) < 4.78 is 16.5. The fraction of sp³-hybridized carbons (Fsp3) is 0.412. The van der Waals surface area contributed by atoms with Gasteiger partial charge in [-0.05, 0) is 66.8 Å². The Hall–Kier alpha value is -4.00. The first-order chi connectivity index (χ1) is 20.1. The van der Waals surface area contributed by atoms with Crippen LogP contribution in [-0.4, -0.2) is 49.6 Å². The number of benzene rings is 3. The van der Waals surface area contributed by atoms with Crippen LogP contribution < -0.4 is 19.5 Å². The number of amides is 2. The zero-order valence-corrected chi connectivity index (χ0v) is 24.2. The number of carbonyl (C=O) groups is 2. The molecule has 1 fully saturated rings. The third kappa shape index (κ3) is 9.27. The second-order valence-corrected chi connectivity index (χ2v) is 10.5. The molecule has 4 rings (SSSR count). The molecule has 1 aliphatic rings. The van der Waals surface area contributed by atoms with Crippen LogP contribution in [0.4, 0.5) is 0 Å². The molecule has 218 valence electrons. The van der Waals surface area contributed by atoms with Crippen molar-refractivity contribution in [1.29, 1.82) is 0 Å². The van der Waals surface area contributed by atoms with Gasteiger partial charge in [0.2, 0.25) is 11.8 Å². The van der Waals surface area contributed by atoms with Crippen LogP contribution in [0.15, 0.2) is 78.9 Å². The smallest absolute Gasteiger partial charge is 0.243 e. The molecule has 0 radical (unpaired) electrons. The van der Waals surface area contributed by atoms with E-state index in [9.17, 15) is 9.59 Å². The highest BCUT2D eigenvalue weighted by atomic mass is 16.5. The minimum Gasteiger partial charge on any atom is -0.497 e. The molecule has 0 aromatic heterocycles. The first kappa shape index (κ1) is 30.0. The average molecular weight is 559 g/mol. The van der Waals surface area contributed by atoms with Gasteiger partial charge in [-0.15, -0.1) is 0 Å². The van der Waals surface area contributed by atoms with Gasteiger partial charge >= 0.3 is 0 Å². The van der Waals surface area contributed by atoms with E-state index in [1.165, 1.54) is 6.42 Å². The molecule has 1 unspecified atom stereocenters. The van der Waals surface area contributed by atoms with Crippen LogP contribution in [0.1, 0.15) is 56.1 Å². The van der Waals surface area contributed by atoms with Crippen LogP contribution in [0.5, 0.6) is 17.2 Å². The summed E-state index contributed by atoms with van der Waals surface area (Å²) in [6.07, 6.45) is 6.65. The molecule has 1 N–H and O–H groups in total. The topological polar surface area (TPSA) is 77.1 Å². The summed E-state index contributed by atoms with van der Waals surface area (Å²) in [6.45, 7) is 0.702. The SMILES string of the molecule is COc1ccc(OCCCC(=O)N(Cc2cccc(OC)c2)C(Cc2ccccc2)C(=O)NC2CCCCC2)cc1. The van der Waals surface area contributed by atoms with Gasteiger partial charge in [0.25, 0.3) is 0 Å². The largest absolute Gasteiger partial charge is 0.497 e. The fourth-order valence-corrected chi connectivity index (χ4v) is 5.29. The number of nitrogens with one attached hydrogen (secondary N) is 1. The van der Waals surface area contributed by atoms with E-state index in [0.29, 0.717) is 31.7 Å². The highest BCUT2D eigenvalue weighted by Crippen LogP contribution is 2.22. The molecule has 3 aromatic carbocycles. The number of hydrogen-bond acceptors (Lipinski definition) is 5. The van der Waals surface area contributed by atoms with Gasteiger partial charge in [-0.25, -0.2) is 0 Å². The van der Waals surface area contributed by atoms with Crippen molar-refractivity contribution < 1.29 is 23.8 Å². The zero-order chi connectivity index (χ0) is 28.9. The van der Waals surface area contributed by atoms with E-state index in [-0.39, 0.29) is 24.3 Å². The Balaban J connectivity index is 1.52. The van der Waals surface area contributed by atoms with E-state index in [4.69, 9.17) is 14.2 Å². The lowest BCUT2D eigenvalue weighted by Gasteiger charge is -2.33. The first-order valence-corrected chi connectivity index (χ1v) is 14.6. The van der Waals surface area contributed by atoms with E-state index in [0.717, 1.165) is 48.3 Å². The lowest BCUT2D eigenvalue weighted by Crippen LogP contribution is -2.52. The Morgan fingerprint density at radius 1 is 0.829 bits per heavy atom. The van der Waals surface area contributed by atoms with E-state index in [1.54, 1.807) is 19.1 Å². The van der Waals surface area contributed by atoms with Crippen LogP contribution in [-0.2, 0) is 22.6 Å². The maximum absolute atomic E-state index is 13.9. The lowest BCUT2D eigenvalue weighted by atomic mass is 9.94. The number of hydrogen-bond donors (Lipinski definition) is 1. The maximum atomic E-state index is 13.9. The summed E-state index contributed by atoms with van der Waals surface area (Å²) in [5.74, 6) is 2.03. The van der Waals surface area contributed by atoms with E-state index in [2.05, 4.69) is 5.32 Å². The van der Waals surface area contributed by atoms with E-state index in [1.807, 2.05) is 78.9 Å². The van der Waals surface area contributed by atoms with Gasteiger partial charge < -0.3 is 24.4 Å². The lowest BCUT2D eigenvalue weighted by molar-refractivity contribution is -0.141. The Kier molecular flexibility index (Phi) is 11.5. The second kappa shape index (κ2) is 15.7. The third-order valence-corrected chi connectivity index (χ3v) is 7.57. The van der Waals surface area contributed by atoms with Crippen molar-refractivity contribution in [2.24, 2.45) is 0 Å². The zero-order valence-electron chi connectivity index (χ0n) is 24.2. The molecule has 2 amide bonds. The summed E-state index contributed by atoms with van der Waals surface area (Å²) in [5, 5.41) is 3.29. The third-order valence-electron chi connectivity index (χ3n) is 7.57. The standard InChI is InChI=1S/C34H42N2O5/c1-39-29-18-20-30(21-19-29)41-22-10-17-33(37)36(25-27-13-9-16-31(23-27)40-2)32(24-26-11-5-3-6-12-26)34(38)35-28-14-7-4-8-15-28/h3,5-6,9,11-13,16,18-21,23,28,32H,4,7-8,10,14-15,17,22,24-25H2,1-2H3,(H,35,38). The van der Waals surface area contributed by atoms with Crippen LogP contribution in [0.3, 0.4) is 0 Å². The molecule has 1 saturated carbocycles. The summed E-state index contributed by atoms with van der Waals surface area (Å²) in [4.78, 5) is 29.5. The summed E-state index contributed by atoms with van der Waals surface area (Å²) in [7, 11) is 3.25. The molecule has 7 nitrogen and oxygen atoms in total. The van der Waals surface area contributed by atoms with Gasteiger partial charge in [-0.1, -0.05) is 61.7 Å². The molecule has 41 heavy (non-hydrogen) atoms. The number of rotatable bonds is 14. The molecule has 1 atom stereocenters. The van der Waals surface area contributed by atoms with Crippen molar-refractivity contribution in [2.45, 2.75) is 70.0 Å². The highest BCUT2D eigenvalue weighted by Gasteiger charge is 2.31. The number of ether oxygens (including phenoxy) is 3. The predicted molar refractivity (Wildman–Crippen MR) is 160 cm³/mol. The molecule has 0 saturated heterocycles. The van der Waals surface area contributed by atoms with Gasteiger partial charge in [0.15, 0.2) is 0 Å². The van der Waals surface area contributed by atoms with Crippen molar-refractivity contribution >= 4 is 11.8 Å². The van der Waals surface area contributed by atoms with Crippen molar-refractivity contribution in [3.8, 4) is 17.2 Å². The van der Waals surface area contributed by atoms with Crippen molar-refractivity contribution in [3.05, 3.63) is 90.0 Å². The van der Waals surface area contributed by atoms with Crippen LogP contribution in [0.25, 0.3) is 0 Å². The summed E-state index contributed by atoms with van der Waals surface area (Å²) in [6, 6.07) is 24.5. The van der Waals surface area contributed by atoms with Gasteiger partial charge in [-0.2, -0.15) is 0 Å². The van der Waals surface area contributed by atoms with E-state index >= 15 is 0 Å². The number of methoxy groups -OCH3 is 2. The molecular formula is C34H42N2O5. The van der Waals surface area contributed by atoms with Gasteiger partial charge in [0, 0.05) is 25.4 Å². The average Bonchev–Trinajstić information content (AvgIpc) is 3.02. The maximum Gasteiger partial charge on any atom is 0.243 e. The Labute approximate surface area is 243 Å². The first-order valence-electron chi connectivity index (χ1n) is 14.6. The minimum atomic E-state index is -0.638. The quantitative estimate of drug-likeness (QED) is 0.247. The number of carbonyl (C=O) groups excluding carboxylic acids is 2. The monoisotopic (exact) mass is 558 g/mol. The molecule has 1 aliphatic carbocycles. The highest BCUT2D eigenvalue weighted by molar-refractivity contribution is 5.88. The van der Waals surface area contributed by atoms with E-state index < -0.39 is 6.04 Å². The predicted octanol–water partition coefficient (Wildman–Crippen LogP) is 5.95. The molecule has 7 heteroatoms.